The van der Waals surface area contributed by atoms with Crippen molar-refractivity contribution >= 4 is 11.6 Å². The molecule has 1 N–H and O–H groups in total. The van der Waals surface area contributed by atoms with E-state index in [0.29, 0.717) is 5.02 Å². The summed E-state index contributed by atoms with van der Waals surface area (Å²) in [6.07, 6.45) is 0.792. The van der Waals surface area contributed by atoms with Gasteiger partial charge in [0.05, 0.1) is 5.60 Å². The van der Waals surface area contributed by atoms with Crippen LogP contribution in [0.1, 0.15) is 38.4 Å². The summed E-state index contributed by atoms with van der Waals surface area (Å²) in [4.78, 5) is 0. The minimum absolute atomic E-state index is 0.551. The summed E-state index contributed by atoms with van der Waals surface area (Å²) in [5.41, 5.74) is 0.181. The lowest BCUT2D eigenvalue weighted by Crippen LogP contribution is -2.37. The third kappa shape index (κ3) is 2.40. The summed E-state index contributed by atoms with van der Waals surface area (Å²) in [5.74, 6) is 0. The van der Waals surface area contributed by atoms with Crippen LogP contribution in [-0.2, 0) is 4.74 Å². The molecule has 0 heterocycles. The predicted octanol–water partition coefficient (Wildman–Crippen LogP) is 3.58. The van der Waals surface area contributed by atoms with Gasteiger partial charge in [0.25, 0.3) is 0 Å². The third-order valence-corrected chi connectivity index (χ3v) is 3.65. The SMILES string of the molecule is CCC(CC)(OC)C(O)c1ccccc1Cl. The number of aliphatic hydroxyl groups is 1. The number of hydrogen-bond donors (Lipinski definition) is 1. The normalized spacial score (nSPS) is 13.8. The second-order valence-electron chi connectivity index (χ2n) is 3.90. The zero-order valence-corrected chi connectivity index (χ0v) is 10.8. The van der Waals surface area contributed by atoms with Gasteiger partial charge in [-0.15, -0.1) is 0 Å². The first-order valence-electron chi connectivity index (χ1n) is 5.59. The number of rotatable bonds is 5. The molecule has 3 heteroatoms. The summed E-state index contributed by atoms with van der Waals surface area (Å²) in [5, 5.41) is 11.0. The van der Waals surface area contributed by atoms with E-state index in [9.17, 15) is 5.11 Å². The van der Waals surface area contributed by atoms with E-state index in [0.717, 1.165) is 18.4 Å². The Bertz CT molecular complexity index is 326. The molecule has 90 valence electrons. The Morgan fingerprint density at radius 2 is 1.88 bits per heavy atom. The van der Waals surface area contributed by atoms with E-state index < -0.39 is 11.7 Å². The minimum atomic E-state index is -0.693. The van der Waals surface area contributed by atoms with Crippen LogP contribution in [0.4, 0.5) is 0 Å². The van der Waals surface area contributed by atoms with Gasteiger partial charge in [0.1, 0.15) is 6.10 Å². The Hall–Kier alpha value is -0.570. The number of hydrogen-bond acceptors (Lipinski definition) is 2. The molecule has 0 fully saturated rings. The lowest BCUT2D eigenvalue weighted by atomic mass is 9.86. The van der Waals surface area contributed by atoms with Gasteiger partial charge in [-0.2, -0.15) is 0 Å². The molecule has 1 rings (SSSR count). The summed E-state index contributed by atoms with van der Waals surface area (Å²) >= 11 is 6.08. The van der Waals surface area contributed by atoms with Crippen molar-refractivity contribution in [3.8, 4) is 0 Å². The molecule has 1 aromatic carbocycles. The quantitative estimate of drug-likeness (QED) is 0.855. The van der Waals surface area contributed by atoms with Gasteiger partial charge in [0.2, 0.25) is 0 Å². The van der Waals surface area contributed by atoms with E-state index >= 15 is 0 Å². The van der Waals surface area contributed by atoms with Gasteiger partial charge in [-0.1, -0.05) is 43.6 Å². The average Bonchev–Trinajstić information content (AvgIpc) is 2.32. The molecular formula is C13H19ClO2. The van der Waals surface area contributed by atoms with Gasteiger partial charge in [-0.3, -0.25) is 0 Å². The largest absolute Gasteiger partial charge is 0.385 e. The van der Waals surface area contributed by atoms with Crippen LogP contribution in [0.25, 0.3) is 0 Å². The third-order valence-electron chi connectivity index (χ3n) is 3.30. The smallest absolute Gasteiger partial charge is 0.109 e. The molecule has 0 aliphatic rings. The number of benzene rings is 1. The van der Waals surface area contributed by atoms with Crippen molar-refractivity contribution in [2.45, 2.75) is 38.4 Å². The maximum absolute atomic E-state index is 10.4. The molecule has 0 aliphatic carbocycles. The predicted molar refractivity (Wildman–Crippen MR) is 66.7 cm³/mol. The highest BCUT2D eigenvalue weighted by molar-refractivity contribution is 6.31. The molecule has 2 nitrogen and oxygen atoms in total. The Morgan fingerprint density at radius 3 is 2.31 bits per heavy atom. The van der Waals surface area contributed by atoms with E-state index in [4.69, 9.17) is 16.3 Å². The van der Waals surface area contributed by atoms with Crippen molar-refractivity contribution in [3.63, 3.8) is 0 Å². The molecule has 0 aromatic heterocycles. The maximum Gasteiger partial charge on any atom is 0.109 e. The fourth-order valence-corrected chi connectivity index (χ4v) is 2.26. The first-order chi connectivity index (χ1) is 7.61. The Labute approximate surface area is 102 Å². The molecule has 0 spiro atoms. The monoisotopic (exact) mass is 242 g/mol. The topological polar surface area (TPSA) is 29.5 Å². The lowest BCUT2D eigenvalue weighted by molar-refractivity contribution is -0.109. The number of aliphatic hydroxyl groups excluding tert-OH is 1. The molecule has 1 aromatic rings. The molecule has 16 heavy (non-hydrogen) atoms. The van der Waals surface area contributed by atoms with Gasteiger partial charge >= 0.3 is 0 Å². The summed E-state index contributed by atoms with van der Waals surface area (Å²) < 4.78 is 5.50. The second-order valence-corrected chi connectivity index (χ2v) is 4.31. The fraction of sp³-hybridized carbons (Fsp3) is 0.538. The van der Waals surface area contributed by atoms with E-state index in [1.165, 1.54) is 0 Å². The van der Waals surface area contributed by atoms with Crippen molar-refractivity contribution in [1.82, 2.24) is 0 Å². The van der Waals surface area contributed by atoms with Gasteiger partial charge in [-0.25, -0.2) is 0 Å². The Kier molecular flexibility index (Phi) is 4.78. The lowest BCUT2D eigenvalue weighted by Gasteiger charge is -2.35. The molecular weight excluding hydrogens is 224 g/mol. The van der Waals surface area contributed by atoms with E-state index in [1.54, 1.807) is 13.2 Å². The summed E-state index contributed by atoms with van der Waals surface area (Å²) in [6, 6.07) is 7.35. The van der Waals surface area contributed by atoms with Crippen molar-refractivity contribution in [2.24, 2.45) is 0 Å². The van der Waals surface area contributed by atoms with Crippen molar-refractivity contribution in [2.75, 3.05) is 7.11 Å². The molecule has 0 amide bonds. The van der Waals surface area contributed by atoms with Crippen molar-refractivity contribution in [3.05, 3.63) is 34.9 Å². The standard InChI is InChI=1S/C13H19ClO2/c1-4-13(5-2,16-3)12(15)10-8-6-7-9-11(10)14/h6-9,12,15H,4-5H2,1-3H3. The molecule has 0 saturated carbocycles. The van der Waals surface area contributed by atoms with Crippen LogP contribution in [-0.4, -0.2) is 17.8 Å². The maximum atomic E-state index is 10.4. The van der Waals surface area contributed by atoms with Gasteiger partial charge in [-0.05, 0) is 18.9 Å². The van der Waals surface area contributed by atoms with E-state index in [-0.39, 0.29) is 0 Å². The van der Waals surface area contributed by atoms with Crippen LogP contribution in [0.15, 0.2) is 24.3 Å². The van der Waals surface area contributed by atoms with Gasteiger partial charge in [0, 0.05) is 17.7 Å². The molecule has 0 saturated heterocycles. The Morgan fingerprint density at radius 1 is 1.31 bits per heavy atom. The molecule has 1 unspecified atom stereocenters. The fourth-order valence-electron chi connectivity index (χ4n) is 2.02. The minimum Gasteiger partial charge on any atom is -0.385 e. The average molecular weight is 243 g/mol. The van der Waals surface area contributed by atoms with Crippen LogP contribution in [0.5, 0.6) is 0 Å². The highest BCUT2D eigenvalue weighted by Gasteiger charge is 2.36. The zero-order chi connectivity index (χ0) is 12.2. The molecule has 0 radical (unpaired) electrons. The van der Waals surface area contributed by atoms with E-state index in [1.807, 2.05) is 32.0 Å². The highest BCUT2D eigenvalue weighted by Crippen LogP contribution is 2.37. The molecule has 0 bridgehead atoms. The van der Waals surface area contributed by atoms with Crippen molar-refractivity contribution < 1.29 is 9.84 Å². The highest BCUT2D eigenvalue weighted by atomic mass is 35.5. The Balaban J connectivity index is 3.08. The van der Waals surface area contributed by atoms with Crippen LogP contribution in [0.3, 0.4) is 0 Å². The summed E-state index contributed by atoms with van der Waals surface area (Å²) in [7, 11) is 1.63. The molecule has 0 aliphatic heterocycles. The zero-order valence-electron chi connectivity index (χ0n) is 10.0. The van der Waals surface area contributed by atoms with Crippen LogP contribution < -0.4 is 0 Å². The first-order valence-corrected chi connectivity index (χ1v) is 5.96. The van der Waals surface area contributed by atoms with Crippen LogP contribution in [0.2, 0.25) is 5.02 Å². The number of halogens is 1. The summed E-state index contributed by atoms with van der Waals surface area (Å²) in [6.45, 7) is 4.01. The van der Waals surface area contributed by atoms with Gasteiger partial charge < -0.3 is 9.84 Å². The van der Waals surface area contributed by atoms with Crippen molar-refractivity contribution in [1.29, 1.82) is 0 Å². The number of methoxy groups -OCH3 is 1. The second kappa shape index (κ2) is 5.67. The van der Waals surface area contributed by atoms with Gasteiger partial charge in [0.15, 0.2) is 0 Å². The number of ether oxygens (including phenoxy) is 1. The molecule has 1 atom stereocenters. The first kappa shape index (κ1) is 13.5. The van der Waals surface area contributed by atoms with Crippen LogP contribution in [0, 0.1) is 0 Å². The van der Waals surface area contributed by atoms with E-state index in [2.05, 4.69) is 0 Å². The van der Waals surface area contributed by atoms with Crippen LogP contribution >= 0.6 is 11.6 Å².